The molecule has 0 saturated carbocycles. The quantitative estimate of drug-likeness (QED) is 0.572. The van der Waals surface area contributed by atoms with Gasteiger partial charge in [-0.1, -0.05) is 36.4 Å². The highest BCUT2D eigenvalue weighted by atomic mass is 16.3. The van der Waals surface area contributed by atoms with E-state index in [4.69, 9.17) is 0 Å². The first kappa shape index (κ1) is 16.0. The van der Waals surface area contributed by atoms with Crippen molar-refractivity contribution in [2.45, 2.75) is 13.8 Å². The lowest BCUT2D eigenvalue weighted by Crippen LogP contribution is -2.01. The van der Waals surface area contributed by atoms with Crippen LogP contribution in [0.3, 0.4) is 0 Å². The Bertz CT molecular complexity index is 1130. The summed E-state index contributed by atoms with van der Waals surface area (Å²) in [6, 6.07) is 18.1. The number of carbonyl (C=O) groups excluding carboxylic acids is 1. The fourth-order valence-corrected chi connectivity index (χ4v) is 3.01. The Balaban J connectivity index is 1.79. The predicted molar refractivity (Wildman–Crippen MR) is 99.9 cm³/mol. The number of benzene rings is 3. The van der Waals surface area contributed by atoms with Gasteiger partial charge >= 0.3 is 0 Å². The summed E-state index contributed by atoms with van der Waals surface area (Å²) < 4.78 is 0. The summed E-state index contributed by atoms with van der Waals surface area (Å²) in [6.07, 6.45) is 0. The Labute approximate surface area is 150 Å². The molecule has 0 aliphatic rings. The molecule has 5 heteroatoms. The van der Waals surface area contributed by atoms with Crippen molar-refractivity contribution < 1.29 is 9.90 Å². The zero-order valence-electron chi connectivity index (χ0n) is 14.5. The van der Waals surface area contributed by atoms with Gasteiger partial charge in [-0.15, -0.1) is 15.0 Å². The Morgan fingerprint density at radius 3 is 2.38 bits per heavy atom. The molecule has 0 unspecified atom stereocenters. The topological polar surface area (TPSA) is 68.0 Å². The van der Waals surface area contributed by atoms with Crippen LogP contribution in [0.15, 0.2) is 60.7 Å². The summed E-state index contributed by atoms with van der Waals surface area (Å²) >= 11 is 0. The van der Waals surface area contributed by atoms with E-state index in [1.54, 1.807) is 30.3 Å². The van der Waals surface area contributed by atoms with E-state index in [-0.39, 0.29) is 11.5 Å². The highest BCUT2D eigenvalue weighted by Crippen LogP contribution is 2.27. The molecular weight excluding hydrogens is 326 g/mol. The first-order valence-electron chi connectivity index (χ1n) is 8.30. The first-order valence-corrected chi connectivity index (χ1v) is 8.30. The number of aromatic nitrogens is 3. The van der Waals surface area contributed by atoms with Crippen LogP contribution < -0.4 is 0 Å². The molecule has 0 fully saturated rings. The SMILES string of the molecule is Cc1cc(C)c(O)c(-n2nc3ccc(C(=O)c4ccccc4)cc3n2)c1. The van der Waals surface area contributed by atoms with E-state index in [0.717, 1.165) is 11.1 Å². The van der Waals surface area contributed by atoms with Gasteiger partial charge in [0.2, 0.25) is 0 Å². The largest absolute Gasteiger partial charge is 0.505 e. The van der Waals surface area contributed by atoms with Crippen molar-refractivity contribution in [3.63, 3.8) is 0 Å². The minimum atomic E-state index is -0.0590. The molecule has 0 radical (unpaired) electrons. The molecule has 1 heterocycles. The van der Waals surface area contributed by atoms with E-state index in [0.29, 0.717) is 27.8 Å². The van der Waals surface area contributed by atoms with E-state index in [1.165, 1.54) is 4.80 Å². The number of phenols is 1. The van der Waals surface area contributed by atoms with E-state index in [2.05, 4.69) is 10.2 Å². The minimum Gasteiger partial charge on any atom is -0.505 e. The maximum absolute atomic E-state index is 12.6. The number of aryl methyl sites for hydroxylation is 2. The molecule has 1 aromatic heterocycles. The summed E-state index contributed by atoms with van der Waals surface area (Å²) in [6.45, 7) is 3.79. The molecule has 0 amide bonds. The van der Waals surface area contributed by atoms with Crippen LogP contribution in [0, 0.1) is 13.8 Å². The Morgan fingerprint density at radius 2 is 1.62 bits per heavy atom. The highest BCUT2D eigenvalue weighted by molar-refractivity contribution is 6.10. The molecule has 0 aliphatic heterocycles. The van der Waals surface area contributed by atoms with Crippen LogP contribution in [0.5, 0.6) is 5.75 Å². The maximum Gasteiger partial charge on any atom is 0.193 e. The lowest BCUT2D eigenvalue weighted by atomic mass is 10.0. The fourth-order valence-electron chi connectivity index (χ4n) is 3.01. The number of nitrogens with zero attached hydrogens (tertiary/aromatic N) is 3. The molecule has 0 aliphatic carbocycles. The number of ketones is 1. The molecule has 128 valence electrons. The van der Waals surface area contributed by atoms with Gasteiger partial charge < -0.3 is 5.11 Å². The van der Waals surface area contributed by atoms with Crippen LogP contribution in [0.1, 0.15) is 27.0 Å². The van der Waals surface area contributed by atoms with E-state index < -0.39 is 0 Å². The normalized spacial score (nSPS) is 11.0. The number of aromatic hydroxyl groups is 1. The molecular formula is C21H17N3O2. The zero-order chi connectivity index (χ0) is 18.3. The summed E-state index contributed by atoms with van der Waals surface area (Å²) in [5, 5.41) is 19.2. The Kier molecular flexibility index (Phi) is 3.77. The molecule has 0 bridgehead atoms. The van der Waals surface area contributed by atoms with E-state index in [1.807, 2.05) is 44.2 Å². The standard InChI is InChI=1S/C21H17N3O2/c1-13-10-14(2)20(25)19(11-13)24-22-17-9-8-16(12-18(17)23-24)21(26)15-6-4-3-5-7-15/h3-12,25H,1-2H3. The Hall–Kier alpha value is -3.47. The third-order valence-electron chi connectivity index (χ3n) is 4.32. The second-order valence-corrected chi connectivity index (χ2v) is 6.34. The van der Waals surface area contributed by atoms with Gasteiger partial charge in [0.25, 0.3) is 0 Å². The summed E-state index contributed by atoms with van der Waals surface area (Å²) in [7, 11) is 0. The maximum atomic E-state index is 12.6. The summed E-state index contributed by atoms with van der Waals surface area (Å²) in [5.41, 5.74) is 4.75. The third kappa shape index (κ3) is 2.73. The van der Waals surface area contributed by atoms with Gasteiger partial charge in [-0.05, 0) is 49.2 Å². The third-order valence-corrected chi connectivity index (χ3v) is 4.32. The van der Waals surface area contributed by atoms with Crippen molar-refractivity contribution in [1.82, 2.24) is 15.0 Å². The first-order chi connectivity index (χ1) is 12.5. The van der Waals surface area contributed by atoms with Gasteiger partial charge in [-0.2, -0.15) is 0 Å². The van der Waals surface area contributed by atoms with Gasteiger partial charge in [-0.3, -0.25) is 4.79 Å². The van der Waals surface area contributed by atoms with Gasteiger partial charge in [0, 0.05) is 11.1 Å². The lowest BCUT2D eigenvalue weighted by molar-refractivity contribution is 0.103. The predicted octanol–water partition coefficient (Wildman–Crippen LogP) is 3.97. The highest BCUT2D eigenvalue weighted by Gasteiger charge is 2.14. The van der Waals surface area contributed by atoms with Crippen molar-refractivity contribution in [1.29, 1.82) is 0 Å². The zero-order valence-corrected chi connectivity index (χ0v) is 14.5. The lowest BCUT2D eigenvalue weighted by Gasteiger charge is -2.07. The molecule has 0 spiro atoms. The van der Waals surface area contributed by atoms with Gasteiger partial charge in [0.15, 0.2) is 5.78 Å². The number of carbonyl (C=O) groups is 1. The molecule has 0 atom stereocenters. The van der Waals surface area contributed by atoms with Gasteiger partial charge in [0.1, 0.15) is 22.5 Å². The van der Waals surface area contributed by atoms with Gasteiger partial charge in [0.05, 0.1) is 0 Å². The van der Waals surface area contributed by atoms with Crippen LogP contribution >= 0.6 is 0 Å². The second kappa shape index (κ2) is 6.11. The number of hydrogen-bond acceptors (Lipinski definition) is 4. The van der Waals surface area contributed by atoms with E-state index >= 15 is 0 Å². The molecule has 26 heavy (non-hydrogen) atoms. The monoisotopic (exact) mass is 343 g/mol. The number of fused-ring (bicyclic) bond motifs is 1. The smallest absolute Gasteiger partial charge is 0.193 e. The number of rotatable bonds is 3. The molecule has 5 nitrogen and oxygen atoms in total. The molecule has 4 aromatic rings. The van der Waals surface area contributed by atoms with Crippen LogP contribution in [0.4, 0.5) is 0 Å². The minimum absolute atomic E-state index is 0.0590. The average molecular weight is 343 g/mol. The van der Waals surface area contributed by atoms with Crippen LogP contribution in [-0.4, -0.2) is 25.9 Å². The number of phenolic OH excluding ortho intramolecular Hbond substituents is 1. The van der Waals surface area contributed by atoms with Crippen LogP contribution in [0.25, 0.3) is 16.7 Å². The molecule has 4 rings (SSSR count). The van der Waals surface area contributed by atoms with Gasteiger partial charge in [-0.25, -0.2) is 0 Å². The van der Waals surface area contributed by atoms with Crippen molar-refractivity contribution in [2.24, 2.45) is 0 Å². The summed E-state index contributed by atoms with van der Waals surface area (Å²) in [4.78, 5) is 14.0. The van der Waals surface area contributed by atoms with Crippen molar-refractivity contribution in [3.05, 3.63) is 82.9 Å². The van der Waals surface area contributed by atoms with Crippen molar-refractivity contribution in [3.8, 4) is 11.4 Å². The van der Waals surface area contributed by atoms with Crippen molar-refractivity contribution >= 4 is 16.8 Å². The number of hydrogen-bond donors (Lipinski definition) is 1. The average Bonchev–Trinajstić information content (AvgIpc) is 3.07. The Morgan fingerprint density at radius 1 is 0.885 bits per heavy atom. The van der Waals surface area contributed by atoms with Crippen molar-refractivity contribution in [2.75, 3.05) is 0 Å². The fraction of sp³-hybridized carbons (Fsp3) is 0.0952. The molecule has 1 N–H and O–H groups in total. The van der Waals surface area contributed by atoms with Crippen LogP contribution in [0.2, 0.25) is 0 Å². The van der Waals surface area contributed by atoms with Crippen LogP contribution in [-0.2, 0) is 0 Å². The van der Waals surface area contributed by atoms with E-state index in [9.17, 15) is 9.90 Å². The molecule has 3 aromatic carbocycles. The summed E-state index contributed by atoms with van der Waals surface area (Å²) in [5.74, 6) is 0.0905. The second-order valence-electron chi connectivity index (χ2n) is 6.34. The molecule has 0 saturated heterocycles.